The van der Waals surface area contributed by atoms with Crippen LogP contribution in [-0.4, -0.2) is 62.3 Å². The Bertz CT molecular complexity index is 909. The fraction of sp³-hybridized carbons (Fsp3) is 0.312. The second-order valence-electron chi connectivity index (χ2n) is 5.67. The molecule has 1 unspecified atom stereocenters. The molecule has 0 saturated carbocycles. The number of anilines is 1. The fourth-order valence-electron chi connectivity index (χ4n) is 2.74. The van der Waals surface area contributed by atoms with E-state index in [0.717, 1.165) is 11.3 Å². The predicted octanol–water partition coefficient (Wildman–Crippen LogP) is 0.391. The number of hydrogen-bond donors (Lipinski definition) is 3. The van der Waals surface area contributed by atoms with Gasteiger partial charge in [-0.15, -0.1) is 23.1 Å². The van der Waals surface area contributed by atoms with E-state index < -0.39 is 29.2 Å². The van der Waals surface area contributed by atoms with E-state index >= 15 is 0 Å². The van der Waals surface area contributed by atoms with Crippen LogP contribution >= 0.6 is 23.1 Å². The number of amides is 2. The number of nitrogen functional groups attached to an aromatic ring is 1. The van der Waals surface area contributed by atoms with Gasteiger partial charge in [-0.1, -0.05) is 17.8 Å². The summed E-state index contributed by atoms with van der Waals surface area (Å²) in [5, 5.41) is 17.1. The van der Waals surface area contributed by atoms with Gasteiger partial charge in [0.25, 0.3) is 11.8 Å². The van der Waals surface area contributed by atoms with E-state index in [-0.39, 0.29) is 28.8 Å². The number of oxime groups is 1. The Morgan fingerprint density at radius 3 is 2.93 bits per heavy atom. The molecular formula is C16H17N5O5S2. The summed E-state index contributed by atoms with van der Waals surface area (Å²) in [4.78, 5) is 47.0. The van der Waals surface area contributed by atoms with Crippen LogP contribution in [0.15, 0.2) is 34.5 Å². The maximum Gasteiger partial charge on any atom is 0.352 e. The maximum atomic E-state index is 12.7. The van der Waals surface area contributed by atoms with Crippen LogP contribution in [0, 0.1) is 0 Å². The number of aliphatic carboxylic acids is 1. The van der Waals surface area contributed by atoms with Gasteiger partial charge >= 0.3 is 5.97 Å². The quantitative estimate of drug-likeness (QED) is 0.324. The topological polar surface area (TPSA) is 147 Å². The molecule has 4 N–H and O–H groups in total. The zero-order valence-electron chi connectivity index (χ0n) is 14.7. The molecule has 0 radical (unpaired) electrons. The summed E-state index contributed by atoms with van der Waals surface area (Å²) in [6, 6.07) is -0.888. The number of thioether (sulfide) groups is 1. The third-order valence-corrected chi connectivity index (χ3v) is 5.97. The molecule has 12 heteroatoms. The van der Waals surface area contributed by atoms with Crippen LogP contribution in [0.5, 0.6) is 0 Å². The average molecular weight is 423 g/mol. The third kappa shape index (κ3) is 3.47. The van der Waals surface area contributed by atoms with Crippen molar-refractivity contribution in [1.82, 2.24) is 15.2 Å². The second-order valence-corrected chi connectivity index (χ2v) is 7.67. The molecule has 10 nitrogen and oxygen atoms in total. The normalized spacial score (nSPS) is 21.7. The molecule has 3 rings (SSSR count). The molecule has 2 aliphatic heterocycles. The number of fused-ring (bicyclic) bond motifs is 1. The van der Waals surface area contributed by atoms with Crippen LogP contribution in [0.25, 0.3) is 0 Å². The molecule has 2 aliphatic rings. The highest BCUT2D eigenvalue weighted by Gasteiger charge is 2.54. The van der Waals surface area contributed by atoms with Crippen LogP contribution in [0.2, 0.25) is 0 Å². The Morgan fingerprint density at radius 2 is 2.36 bits per heavy atom. The Morgan fingerprint density at radius 1 is 1.61 bits per heavy atom. The molecule has 2 amide bonds. The van der Waals surface area contributed by atoms with Crippen LogP contribution in [0.4, 0.5) is 5.13 Å². The lowest BCUT2D eigenvalue weighted by Crippen LogP contribution is -2.71. The fourth-order valence-corrected chi connectivity index (χ4v) is 4.63. The van der Waals surface area contributed by atoms with Gasteiger partial charge in [0, 0.05) is 11.1 Å². The van der Waals surface area contributed by atoms with Gasteiger partial charge in [-0.25, -0.2) is 9.78 Å². The molecule has 0 aromatic carbocycles. The Kier molecular flexibility index (Phi) is 5.70. The molecule has 0 aliphatic carbocycles. The van der Waals surface area contributed by atoms with E-state index in [1.807, 2.05) is 0 Å². The van der Waals surface area contributed by atoms with E-state index in [0.29, 0.717) is 11.3 Å². The summed E-state index contributed by atoms with van der Waals surface area (Å²) < 4.78 is 0. The van der Waals surface area contributed by atoms with Gasteiger partial charge in [0.2, 0.25) is 0 Å². The average Bonchev–Trinajstić information content (AvgIpc) is 3.10. The Labute approximate surface area is 168 Å². The number of nitrogens with zero attached hydrogens (tertiary/aromatic N) is 3. The van der Waals surface area contributed by atoms with Crippen LogP contribution in [0.1, 0.15) is 12.6 Å². The number of nitrogens with two attached hydrogens (primary N) is 1. The zero-order valence-corrected chi connectivity index (χ0v) is 16.4. The molecular weight excluding hydrogens is 406 g/mol. The van der Waals surface area contributed by atoms with Gasteiger partial charge in [0.05, 0.1) is 0 Å². The maximum absolute atomic E-state index is 12.7. The standard InChI is InChI=1S/C16H17N5O5S2/c1-3-7-5-27-14-10(13(23)21(14)11(7)15(24)25)19-12(22)9(20-26-4-2)8-6-28-16(17)18-8/h3,6,10,14H,1,4-5H2,2H3,(H2,17,18)(H,19,22)(H,24,25)/b20-9+/t10?,14-/m1/s1. The van der Waals surface area contributed by atoms with Gasteiger partial charge in [0.15, 0.2) is 10.8 Å². The number of thiazole rings is 1. The number of hydrogen-bond acceptors (Lipinski definition) is 9. The highest BCUT2D eigenvalue weighted by atomic mass is 32.2. The second kappa shape index (κ2) is 8.02. The van der Waals surface area contributed by atoms with Crippen molar-refractivity contribution in [2.24, 2.45) is 5.16 Å². The molecule has 1 saturated heterocycles. The molecule has 1 aromatic rings. The monoisotopic (exact) mass is 423 g/mol. The summed E-state index contributed by atoms with van der Waals surface area (Å²) >= 11 is 2.48. The summed E-state index contributed by atoms with van der Waals surface area (Å²) in [7, 11) is 0. The van der Waals surface area contributed by atoms with Crippen molar-refractivity contribution in [3.05, 3.63) is 35.0 Å². The minimum absolute atomic E-state index is 0.107. The summed E-state index contributed by atoms with van der Waals surface area (Å²) in [6.45, 7) is 5.54. The summed E-state index contributed by atoms with van der Waals surface area (Å²) in [5.74, 6) is -2.02. The first-order chi connectivity index (χ1) is 13.4. The number of nitrogens with one attached hydrogen (secondary N) is 1. The lowest BCUT2D eigenvalue weighted by molar-refractivity contribution is -0.150. The summed E-state index contributed by atoms with van der Waals surface area (Å²) in [6.07, 6.45) is 1.42. The van der Waals surface area contributed by atoms with Gasteiger partial charge < -0.3 is 21.0 Å². The van der Waals surface area contributed by atoms with Gasteiger partial charge in [-0.05, 0) is 12.5 Å². The molecule has 148 valence electrons. The van der Waals surface area contributed by atoms with Crippen molar-refractivity contribution in [3.63, 3.8) is 0 Å². The van der Waals surface area contributed by atoms with E-state index in [1.54, 1.807) is 12.3 Å². The number of aromatic nitrogens is 1. The van der Waals surface area contributed by atoms with Gasteiger partial charge in [0.1, 0.15) is 29.4 Å². The number of carbonyl (C=O) groups excluding carboxylic acids is 2. The van der Waals surface area contributed by atoms with Crippen molar-refractivity contribution < 1.29 is 24.3 Å². The van der Waals surface area contributed by atoms with Gasteiger partial charge in [-0.3, -0.25) is 14.5 Å². The number of carboxylic acids is 1. The van der Waals surface area contributed by atoms with Crippen LogP contribution < -0.4 is 11.1 Å². The molecule has 1 fully saturated rings. The first-order valence-corrected chi connectivity index (χ1v) is 10.1. The molecule has 2 atom stereocenters. The van der Waals surface area contributed by atoms with Crippen molar-refractivity contribution in [2.75, 3.05) is 18.1 Å². The first kappa shape index (κ1) is 19.9. The smallest absolute Gasteiger partial charge is 0.352 e. The molecule has 3 heterocycles. The molecule has 0 bridgehead atoms. The molecule has 0 spiro atoms. The number of carbonyl (C=O) groups is 3. The third-order valence-electron chi connectivity index (χ3n) is 4.00. The summed E-state index contributed by atoms with van der Waals surface area (Å²) in [5.41, 5.74) is 6.09. The highest BCUT2D eigenvalue weighted by Crippen LogP contribution is 2.40. The van der Waals surface area contributed by atoms with E-state index in [9.17, 15) is 19.5 Å². The lowest BCUT2D eigenvalue weighted by atomic mass is 10.0. The lowest BCUT2D eigenvalue weighted by Gasteiger charge is -2.49. The zero-order chi connectivity index (χ0) is 20.4. The van der Waals surface area contributed by atoms with Crippen molar-refractivity contribution in [1.29, 1.82) is 0 Å². The number of carboxylic acid groups (broad SMARTS) is 1. The van der Waals surface area contributed by atoms with Crippen LogP contribution in [0.3, 0.4) is 0 Å². The first-order valence-electron chi connectivity index (χ1n) is 8.14. The van der Waals surface area contributed by atoms with Crippen molar-refractivity contribution in [3.8, 4) is 0 Å². The number of rotatable bonds is 7. The number of β-lactam (4-membered cyclic amide) rings is 1. The van der Waals surface area contributed by atoms with Gasteiger partial charge in [-0.2, -0.15) is 0 Å². The van der Waals surface area contributed by atoms with Crippen LogP contribution in [-0.2, 0) is 19.2 Å². The minimum atomic E-state index is -1.21. The SMILES string of the molecule is C=CC1=C(C(=O)O)N2C(=O)C(NC(=O)/C(=N/OCC)c3csc(N)n3)[C@H]2SC1. The van der Waals surface area contributed by atoms with E-state index in [2.05, 4.69) is 22.0 Å². The van der Waals surface area contributed by atoms with E-state index in [1.165, 1.54) is 22.7 Å². The predicted molar refractivity (Wildman–Crippen MR) is 105 cm³/mol. The Balaban J connectivity index is 1.80. The Hall–Kier alpha value is -2.86. The molecule has 1 aromatic heterocycles. The highest BCUT2D eigenvalue weighted by molar-refractivity contribution is 8.00. The molecule has 28 heavy (non-hydrogen) atoms. The number of allylic oxidation sites excluding steroid dienone is 1. The minimum Gasteiger partial charge on any atom is -0.477 e. The van der Waals surface area contributed by atoms with E-state index in [4.69, 9.17) is 10.6 Å². The van der Waals surface area contributed by atoms with Crippen molar-refractivity contribution in [2.45, 2.75) is 18.3 Å². The van der Waals surface area contributed by atoms with Crippen molar-refractivity contribution >= 4 is 51.7 Å². The largest absolute Gasteiger partial charge is 0.477 e.